The molecule has 0 spiro atoms. The lowest BCUT2D eigenvalue weighted by atomic mass is 9.84. The Hall–Kier alpha value is -4.18. The molecule has 4 unspecified atom stereocenters. The Morgan fingerprint density at radius 1 is 0.538 bits per heavy atom. The largest absolute Gasteiger partial charge is 0.380 e. The number of sulfonamides is 2. The van der Waals surface area contributed by atoms with Crippen LogP contribution in [0.4, 0.5) is 0 Å². The number of hydrogen-bond acceptors (Lipinski definition) is 16. The van der Waals surface area contributed by atoms with Crippen LogP contribution in [0.15, 0.2) is 82.6 Å². The van der Waals surface area contributed by atoms with Gasteiger partial charge in [0.1, 0.15) is 0 Å². The SMILES string of the molecule is Cc1cc(Cl)c2c(c1)C(c1cccc(S(=O)(=O)NCCOCCOCCOCCNC(=O)C(O)C(O)C(=O)NCCOCCOCCOCCNS(=O)(=O)c3cccc(C4CN(C)Cc5c(Cl)cc(C)cc54)c3)c1)CN(C)C2. The minimum absolute atomic E-state index is 0.000549. The maximum atomic E-state index is 13.2. The predicted molar refractivity (Wildman–Crippen MR) is 295 cm³/mol. The van der Waals surface area contributed by atoms with Crippen molar-refractivity contribution in [1.82, 2.24) is 29.9 Å². The third kappa shape index (κ3) is 19.0. The Morgan fingerprint density at radius 2 is 0.872 bits per heavy atom. The average Bonchev–Trinajstić information content (AvgIpc) is 3.55. The molecule has 0 bridgehead atoms. The van der Waals surface area contributed by atoms with E-state index in [4.69, 9.17) is 51.6 Å². The van der Waals surface area contributed by atoms with Gasteiger partial charge in [-0.05, 0) is 109 Å². The fourth-order valence-corrected chi connectivity index (χ4v) is 12.0. The Labute approximate surface area is 468 Å². The summed E-state index contributed by atoms with van der Waals surface area (Å²) in [6.07, 6.45) is -4.03. The Kier molecular flexibility index (Phi) is 25.2. The highest BCUT2D eigenvalue weighted by Gasteiger charge is 2.31. The maximum absolute atomic E-state index is 13.2. The van der Waals surface area contributed by atoms with Gasteiger partial charge in [0, 0.05) is 74.2 Å². The van der Waals surface area contributed by atoms with Crippen molar-refractivity contribution in [3.8, 4) is 0 Å². The number of halogens is 2. The van der Waals surface area contributed by atoms with Gasteiger partial charge in [0.25, 0.3) is 11.8 Å². The molecule has 4 aromatic carbocycles. The Morgan fingerprint density at radius 3 is 1.23 bits per heavy atom. The van der Waals surface area contributed by atoms with Gasteiger partial charge in [0.15, 0.2) is 12.2 Å². The van der Waals surface area contributed by atoms with Gasteiger partial charge in [-0.25, -0.2) is 26.3 Å². The summed E-state index contributed by atoms with van der Waals surface area (Å²) in [4.78, 5) is 29.3. The highest BCUT2D eigenvalue weighted by Crippen LogP contribution is 2.39. The van der Waals surface area contributed by atoms with Crippen molar-refractivity contribution < 1.29 is 65.1 Å². The first-order chi connectivity index (χ1) is 37.3. The molecule has 2 amide bonds. The normalized spacial score (nSPS) is 16.8. The summed E-state index contributed by atoms with van der Waals surface area (Å²) < 4.78 is 90.6. The zero-order valence-electron chi connectivity index (χ0n) is 44.6. The van der Waals surface area contributed by atoms with Crippen molar-refractivity contribution >= 4 is 55.1 Å². The van der Waals surface area contributed by atoms with E-state index in [0.717, 1.165) is 70.7 Å². The van der Waals surface area contributed by atoms with Gasteiger partial charge in [-0.15, -0.1) is 0 Å². The highest BCUT2D eigenvalue weighted by atomic mass is 35.5. The van der Waals surface area contributed by atoms with Crippen LogP contribution in [0.25, 0.3) is 0 Å². The lowest BCUT2D eigenvalue weighted by Crippen LogP contribution is -2.50. The van der Waals surface area contributed by atoms with Crippen molar-refractivity contribution in [1.29, 1.82) is 0 Å². The lowest BCUT2D eigenvalue weighted by molar-refractivity contribution is -0.146. The number of likely N-dealkylation sites (N-methyl/N-ethyl adjacent to an activating group) is 2. The molecule has 0 saturated carbocycles. The standard InChI is InChI=1S/C54H74Cl2N6O14S2/c1-37-27-43-45(33-61(3)35-47(43)49(55)29-37)39-7-5-9-41(31-39)77(67,68)59-13-17-73-21-25-75-23-19-71-15-11-57-53(65)51(63)52(64)54(66)58-12-16-72-20-24-76-26-22-74-18-14-60-78(69,70)42-10-6-8-40(32-42)46-34-62(4)36-48-44(46)28-38(2)30-50(48)56/h5-10,27-32,45-46,51-52,59-60,63-64H,11-26,33-36H2,1-4H3,(H,57,65)(H,58,66). The zero-order valence-corrected chi connectivity index (χ0v) is 47.8. The Balaban J connectivity index is 0.717. The van der Waals surface area contributed by atoms with Crippen LogP contribution in [0.2, 0.25) is 10.0 Å². The van der Waals surface area contributed by atoms with E-state index in [-0.39, 0.29) is 127 Å². The number of fused-ring (bicyclic) bond motifs is 2. The van der Waals surface area contributed by atoms with Crippen LogP contribution in [0, 0.1) is 13.8 Å². The van der Waals surface area contributed by atoms with Gasteiger partial charge in [-0.3, -0.25) is 9.59 Å². The molecule has 0 saturated heterocycles. The molecule has 2 aliphatic rings. The van der Waals surface area contributed by atoms with Crippen molar-refractivity contribution in [2.75, 3.05) is 133 Å². The topological polar surface area (TPSA) is 253 Å². The molecule has 6 N–H and O–H groups in total. The van der Waals surface area contributed by atoms with Crippen LogP contribution >= 0.6 is 23.2 Å². The van der Waals surface area contributed by atoms with Crippen LogP contribution < -0.4 is 20.1 Å². The van der Waals surface area contributed by atoms with Crippen molar-refractivity contribution in [3.05, 3.63) is 127 Å². The fourth-order valence-electron chi connectivity index (χ4n) is 9.14. The number of aliphatic hydroxyl groups is 2. The number of carbonyl (C=O) groups excluding carboxylic acids is 2. The summed E-state index contributed by atoms with van der Waals surface area (Å²) in [6, 6.07) is 22.1. The molecule has 0 radical (unpaired) electrons. The number of nitrogens with one attached hydrogen (secondary N) is 4. The maximum Gasteiger partial charge on any atom is 0.252 e. The average molecular weight is 1170 g/mol. The number of hydrogen-bond donors (Lipinski definition) is 6. The van der Waals surface area contributed by atoms with E-state index in [2.05, 4.69) is 42.0 Å². The van der Waals surface area contributed by atoms with Crippen LogP contribution in [0.5, 0.6) is 0 Å². The van der Waals surface area contributed by atoms with E-state index in [0.29, 0.717) is 10.0 Å². The van der Waals surface area contributed by atoms with Crippen LogP contribution in [0.1, 0.15) is 56.3 Å². The molecule has 430 valence electrons. The molecule has 6 rings (SSSR count). The highest BCUT2D eigenvalue weighted by molar-refractivity contribution is 7.89. The van der Waals surface area contributed by atoms with E-state index in [1.165, 1.54) is 0 Å². The van der Waals surface area contributed by atoms with Crippen LogP contribution in [0.3, 0.4) is 0 Å². The number of carbonyl (C=O) groups is 2. The third-order valence-corrected chi connectivity index (χ3v) is 16.6. The summed E-state index contributed by atoms with van der Waals surface area (Å²) in [5.41, 5.74) is 8.24. The molecule has 0 aliphatic carbocycles. The van der Waals surface area contributed by atoms with E-state index < -0.39 is 44.1 Å². The van der Waals surface area contributed by atoms with E-state index in [1.807, 2.05) is 52.2 Å². The predicted octanol–water partition coefficient (Wildman–Crippen LogP) is 3.08. The number of nitrogens with zero attached hydrogens (tertiary/aromatic N) is 2. The van der Waals surface area contributed by atoms with E-state index in [1.54, 1.807) is 36.4 Å². The molecule has 0 aromatic heterocycles. The second kappa shape index (κ2) is 31.1. The number of rotatable bonds is 33. The first-order valence-corrected chi connectivity index (χ1v) is 29.6. The second-order valence-electron chi connectivity index (χ2n) is 19.2. The monoisotopic (exact) mass is 1160 g/mol. The number of amides is 2. The van der Waals surface area contributed by atoms with Gasteiger partial charge < -0.3 is 59.1 Å². The zero-order chi connectivity index (χ0) is 56.2. The molecule has 2 aliphatic heterocycles. The number of aryl methyl sites for hydroxylation is 2. The molecule has 4 aromatic rings. The van der Waals surface area contributed by atoms with Gasteiger partial charge in [-0.1, -0.05) is 59.6 Å². The first kappa shape index (κ1) is 63.0. The number of benzene rings is 4. The van der Waals surface area contributed by atoms with Crippen LogP contribution in [-0.4, -0.2) is 194 Å². The fraction of sp³-hybridized carbons (Fsp3) is 0.519. The number of aliphatic hydroxyl groups excluding tert-OH is 2. The molecular formula is C54H74Cl2N6O14S2. The summed E-state index contributed by atoms with van der Waals surface area (Å²) in [5, 5.41) is 26.6. The summed E-state index contributed by atoms with van der Waals surface area (Å²) in [5.74, 6) is -1.97. The molecular weight excluding hydrogens is 1090 g/mol. The Bertz CT molecular complexity index is 2640. The third-order valence-electron chi connectivity index (χ3n) is 13.0. The molecule has 2 heterocycles. The van der Waals surface area contributed by atoms with Crippen molar-refractivity contribution in [2.24, 2.45) is 0 Å². The van der Waals surface area contributed by atoms with Gasteiger partial charge in [-0.2, -0.15) is 0 Å². The molecule has 24 heteroatoms. The van der Waals surface area contributed by atoms with E-state index in [9.17, 15) is 36.6 Å². The smallest absolute Gasteiger partial charge is 0.252 e. The van der Waals surface area contributed by atoms with E-state index >= 15 is 0 Å². The minimum Gasteiger partial charge on any atom is -0.380 e. The van der Waals surface area contributed by atoms with Crippen molar-refractivity contribution in [3.63, 3.8) is 0 Å². The summed E-state index contributed by atoms with van der Waals surface area (Å²) in [6.45, 7) is 9.23. The van der Waals surface area contributed by atoms with Gasteiger partial charge in [0.2, 0.25) is 20.0 Å². The quantitative estimate of drug-likeness (QED) is 0.0375. The lowest BCUT2D eigenvalue weighted by Gasteiger charge is -2.33. The van der Waals surface area contributed by atoms with Crippen molar-refractivity contribution in [2.45, 2.75) is 60.8 Å². The first-order valence-electron chi connectivity index (χ1n) is 25.9. The molecule has 0 fully saturated rings. The molecule has 4 atom stereocenters. The van der Waals surface area contributed by atoms with Gasteiger partial charge in [0.05, 0.1) is 89.1 Å². The number of ether oxygens (including phenoxy) is 6. The molecule has 20 nitrogen and oxygen atoms in total. The summed E-state index contributed by atoms with van der Waals surface area (Å²) in [7, 11) is -3.54. The minimum atomic E-state index is -3.79. The van der Waals surface area contributed by atoms with Crippen LogP contribution in [-0.2, 0) is 71.1 Å². The summed E-state index contributed by atoms with van der Waals surface area (Å²) >= 11 is 13.2. The second-order valence-corrected chi connectivity index (χ2v) is 23.6. The molecule has 78 heavy (non-hydrogen) atoms. The van der Waals surface area contributed by atoms with Gasteiger partial charge >= 0.3 is 0 Å².